The van der Waals surface area contributed by atoms with Crippen LogP contribution in [0.3, 0.4) is 0 Å². The molecule has 0 rings (SSSR count). The average molecular weight is 757 g/mol. The SMILES string of the molecule is CCCCCC(=O)/C=C/C=C\CCCCCCCC(=O)OC[C@H](COP(=O)(O)O)OC(=O)CCCCCCCCCCCCCCCCC(C)CC. The molecule has 2 atom stereocenters. The summed E-state index contributed by atoms with van der Waals surface area (Å²) in [7, 11) is -4.77. The van der Waals surface area contributed by atoms with Gasteiger partial charge in [0.05, 0.1) is 6.61 Å². The number of unbranched alkanes of at least 4 members (excludes halogenated alkanes) is 20. The van der Waals surface area contributed by atoms with Crippen molar-refractivity contribution in [1.82, 2.24) is 0 Å². The lowest BCUT2D eigenvalue weighted by Crippen LogP contribution is -2.29. The van der Waals surface area contributed by atoms with E-state index in [0.717, 1.165) is 76.5 Å². The largest absolute Gasteiger partial charge is 0.469 e. The highest BCUT2D eigenvalue weighted by Gasteiger charge is 2.23. The first-order valence-electron chi connectivity index (χ1n) is 21.0. The zero-order valence-corrected chi connectivity index (χ0v) is 34.3. The van der Waals surface area contributed by atoms with E-state index in [4.69, 9.17) is 19.3 Å². The van der Waals surface area contributed by atoms with Gasteiger partial charge < -0.3 is 19.3 Å². The Balaban J connectivity index is 3.96. The van der Waals surface area contributed by atoms with Gasteiger partial charge in [-0.1, -0.05) is 167 Å². The summed E-state index contributed by atoms with van der Waals surface area (Å²) in [6, 6.07) is 0. The third kappa shape index (κ3) is 37.9. The zero-order valence-electron chi connectivity index (χ0n) is 33.4. The quantitative estimate of drug-likeness (QED) is 0.0207. The first kappa shape index (κ1) is 50.2. The van der Waals surface area contributed by atoms with E-state index in [1.807, 2.05) is 12.2 Å². The van der Waals surface area contributed by atoms with Crippen LogP contribution in [0.1, 0.15) is 201 Å². The van der Waals surface area contributed by atoms with Crippen molar-refractivity contribution in [2.75, 3.05) is 13.2 Å². The molecule has 0 aromatic rings. The number of ether oxygens (including phenoxy) is 2. The Labute approximate surface area is 317 Å². The van der Waals surface area contributed by atoms with Crippen LogP contribution in [0.4, 0.5) is 0 Å². The summed E-state index contributed by atoms with van der Waals surface area (Å²) in [5.41, 5.74) is 0. The fraction of sp³-hybridized carbons (Fsp3) is 0.833. The van der Waals surface area contributed by atoms with Crippen molar-refractivity contribution in [3.05, 3.63) is 24.3 Å². The Morgan fingerprint density at radius 3 is 1.65 bits per heavy atom. The van der Waals surface area contributed by atoms with Gasteiger partial charge >= 0.3 is 19.8 Å². The molecule has 0 aromatic carbocycles. The Morgan fingerprint density at radius 2 is 1.12 bits per heavy atom. The number of allylic oxidation sites excluding steroid dienone is 4. The first-order chi connectivity index (χ1) is 25.1. The Morgan fingerprint density at radius 1 is 0.615 bits per heavy atom. The van der Waals surface area contributed by atoms with Gasteiger partial charge in [0, 0.05) is 19.3 Å². The highest BCUT2D eigenvalue weighted by atomic mass is 31.2. The van der Waals surface area contributed by atoms with Gasteiger partial charge in [0.1, 0.15) is 6.61 Å². The molecule has 0 bridgehead atoms. The minimum atomic E-state index is -4.77. The van der Waals surface area contributed by atoms with E-state index in [2.05, 4.69) is 31.4 Å². The number of phosphoric ester groups is 1. The van der Waals surface area contributed by atoms with Gasteiger partial charge in [-0.25, -0.2) is 4.57 Å². The molecule has 0 radical (unpaired) electrons. The van der Waals surface area contributed by atoms with Crippen molar-refractivity contribution in [3.63, 3.8) is 0 Å². The maximum absolute atomic E-state index is 12.4. The second-order valence-electron chi connectivity index (χ2n) is 14.6. The van der Waals surface area contributed by atoms with Gasteiger partial charge in [0.15, 0.2) is 11.9 Å². The zero-order chi connectivity index (χ0) is 38.5. The van der Waals surface area contributed by atoms with Gasteiger partial charge in [-0.05, 0) is 44.1 Å². The van der Waals surface area contributed by atoms with Crippen LogP contribution in [-0.2, 0) is 32.9 Å². The van der Waals surface area contributed by atoms with Crippen LogP contribution < -0.4 is 0 Å². The summed E-state index contributed by atoms with van der Waals surface area (Å²) >= 11 is 0. The second-order valence-corrected chi connectivity index (χ2v) is 15.8. The van der Waals surface area contributed by atoms with Crippen molar-refractivity contribution in [1.29, 1.82) is 0 Å². The molecule has 0 saturated carbocycles. The number of esters is 2. The summed E-state index contributed by atoms with van der Waals surface area (Å²) in [5, 5.41) is 0. The lowest BCUT2D eigenvalue weighted by Gasteiger charge is -2.18. The molecule has 304 valence electrons. The molecule has 0 aromatic heterocycles. The van der Waals surface area contributed by atoms with Crippen LogP contribution in [0.25, 0.3) is 0 Å². The predicted molar refractivity (Wildman–Crippen MR) is 212 cm³/mol. The van der Waals surface area contributed by atoms with Crippen LogP contribution in [0.2, 0.25) is 0 Å². The van der Waals surface area contributed by atoms with Gasteiger partial charge in [-0.2, -0.15) is 0 Å². The van der Waals surface area contributed by atoms with Crippen LogP contribution in [0, 0.1) is 5.92 Å². The molecule has 0 aliphatic heterocycles. The maximum Gasteiger partial charge on any atom is 0.469 e. The molecule has 0 aliphatic rings. The number of carbonyl (C=O) groups is 3. The normalized spacial score (nSPS) is 13.2. The maximum atomic E-state index is 12.4. The Hall–Kier alpha value is -1.80. The number of rotatable bonds is 38. The summed E-state index contributed by atoms with van der Waals surface area (Å²) < 4.78 is 26.3. The first-order valence-corrected chi connectivity index (χ1v) is 22.5. The average Bonchev–Trinajstić information content (AvgIpc) is 3.11. The molecule has 52 heavy (non-hydrogen) atoms. The van der Waals surface area contributed by atoms with Gasteiger partial charge in [-0.3, -0.25) is 18.9 Å². The summed E-state index contributed by atoms with van der Waals surface area (Å²) in [6.45, 7) is 5.88. The van der Waals surface area contributed by atoms with Crippen molar-refractivity contribution in [2.24, 2.45) is 5.92 Å². The molecule has 0 fully saturated rings. The van der Waals surface area contributed by atoms with Gasteiger partial charge in [0.2, 0.25) is 0 Å². The molecule has 10 heteroatoms. The van der Waals surface area contributed by atoms with E-state index in [1.54, 1.807) is 6.08 Å². The molecule has 0 spiro atoms. The summed E-state index contributed by atoms with van der Waals surface area (Å²) in [5.74, 6) is 0.112. The number of phosphoric acid groups is 1. The van der Waals surface area contributed by atoms with Crippen molar-refractivity contribution in [2.45, 2.75) is 207 Å². The summed E-state index contributed by atoms with van der Waals surface area (Å²) in [6.07, 6.45) is 35.9. The molecule has 2 N–H and O–H groups in total. The molecule has 9 nitrogen and oxygen atoms in total. The minimum absolute atomic E-state index is 0.174. The van der Waals surface area contributed by atoms with Crippen molar-refractivity contribution < 1.29 is 42.7 Å². The summed E-state index contributed by atoms with van der Waals surface area (Å²) in [4.78, 5) is 54.5. The van der Waals surface area contributed by atoms with E-state index in [9.17, 15) is 18.9 Å². The molecule has 1 unspecified atom stereocenters. The Bertz CT molecular complexity index is 975. The number of hydrogen-bond donors (Lipinski definition) is 2. The lowest BCUT2D eigenvalue weighted by molar-refractivity contribution is -0.161. The smallest absolute Gasteiger partial charge is 0.462 e. The van der Waals surface area contributed by atoms with Crippen LogP contribution in [0.15, 0.2) is 24.3 Å². The van der Waals surface area contributed by atoms with Crippen LogP contribution in [0.5, 0.6) is 0 Å². The number of hydrogen-bond acceptors (Lipinski definition) is 7. The van der Waals surface area contributed by atoms with E-state index in [-0.39, 0.29) is 25.2 Å². The fourth-order valence-corrected chi connectivity index (χ4v) is 6.28. The van der Waals surface area contributed by atoms with Crippen molar-refractivity contribution in [3.8, 4) is 0 Å². The number of ketones is 1. The third-order valence-corrected chi connectivity index (χ3v) is 9.97. The topological polar surface area (TPSA) is 136 Å². The molecule has 0 amide bonds. The van der Waals surface area contributed by atoms with Crippen LogP contribution >= 0.6 is 7.82 Å². The fourth-order valence-electron chi connectivity index (χ4n) is 5.92. The standard InChI is InChI=1S/C42H77O9P/c1-4-6-26-32-39(43)33-28-23-19-15-13-17-20-24-29-34-41(44)49-36-40(37-50-52(46,47)48)51-42(45)35-30-25-21-16-12-10-8-7-9-11-14-18-22-27-31-38(3)5-2/h19,23,28,33,38,40H,4-18,20-22,24-27,29-32,34-37H2,1-3H3,(H2,46,47,48)/b23-19-,33-28+/t38?,40-/m1/s1. The van der Waals surface area contributed by atoms with Gasteiger partial charge in [0.25, 0.3) is 0 Å². The van der Waals surface area contributed by atoms with E-state index >= 15 is 0 Å². The van der Waals surface area contributed by atoms with Gasteiger partial charge in [-0.15, -0.1) is 0 Å². The highest BCUT2D eigenvalue weighted by molar-refractivity contribution is 7.46. The molecular formula is C42H77O9P. The lowest BCUT2D eigenvalue weighted by atomic mass is 9.99. The molecule has 0 heterocycles. The van der Waals surface area contributed by atoms with Crippen LogP contribution in [-0.4, -0.2) is 46.8 Å². The van der Waals surface area contributed by atoms with E-state index < -0.39 is 32.5 Å². The molecule has 0 saturated heterocycles. The second kappa shape index (κ2) is 36.2. The van der Waals surface area contributed by atoms with E-state index in [1.165, 1.54) is 77.0 Å². The van der Waals surface area contributed by atoms with Crippen molar-refractivity contribution >= 4 is 25.5 Å². The molecular weight excluding hydrogens is 679 g/mol. The predicted octanol–water partition coefficient (Wildman–Crippen LogP) is 11.8. The third-order valence-electron chi connectivity index (χ3n) is 9.49. The monoisotopic (exact) mass is 757 g/mol. The minimum Gasteiger partial charge on any atom is -0.462 e. The Kier molecular flexibility index (Phi) is 34.9. The van der Waals surface area contributed by atoms with E-state index in [0.29, 0.717) is 19.3 Å². The highest BCUT2D eigenvalue weighted by Crippen LogP contribution is 2.36. The number of carbonyl (C=O) groups excluding carboxylic acids is 3. The molecule has 0 aliphatic carbocycles.